The quantitative estimate of drug-likeness (QED) is 0.180. The van der Waals surface area contributed by atoms with Crippen molar-refractivity contribution in [3.63, 3.8) is 0 Å². The molecule has 0 aliphatic heterocycles. The van der Waals surface area contributed by atoms with E-state index in [4.69, 9.17) is 0 Å². The first-order valence-corrected chi connectivity index (χ1v) is 12.1. The van der Waals surface area contributed by atoms with Crippen LogP contribution in [0.1, 0.15) is 109 Å². The van der Waals surface area contributed by atoms with Gasteiger partial charge in [0.1, 0.15) is 6.54 Å². The van der Waals surface area contributed by atoms with Gasteiger partial charge in [-0.3, -0.25) is 0 Å². The lowest BCUT2D eigenvalue weighted by Gasteiger charge is -2.33. The van der Waals surface area contributed by atoms with Crippen LogP contribution in [0.5, 0.6) is 0 Å². The van der Waals surface area contributed by atoms with Gasteiger partial charge < -0.3 is 4.48 Å². The highest BCUT2D eigenvalue weighted by molar-refractivity contribution is 5.13. The molecule has 0 radical (unpaired) electrons. The van der Waals surface area contributed by atoms with Crippen molar-refractivity contribution in [3.8, 4) is 0 Å². The van der Waals surface area contributed by atoms with Gasteiger partial charge in [0, 0.05) is 5.56 Å². The van der Waals surface area contributed by atoms with E-state index in [1.54, 1.807) is 0 Å². The highest BCUT2D eigenvalue weighted by Crippen LogP contribution is 2.16. The lowest BCUT2D eigenvalue weighted by atomic mass is 10.0. The van der Waals surface area contributed by atoms with Gasteiger partial charge in [-0.2, -0.15) is 0 Å². The summed E-state index contributed by atoms with van der Waals surface area (Å²) >= 11 is 0. The van der Waals surface area contributed by atoms with Crippen LogP contribution in [0, 0.1) is 0 Å². The van der Waals surface area contributed by atoms with Crippen LogP contribution in [0.3, 0.4) is 0 Å². The topological polar surface area (TPSA) is 0 Å². The summed E-state index contributed by atoms with van der Waals surface area (Å²) in [5.74, 6) is 0. The number of quaternary nitrogens is 1. The second kappa shape index (κ2) is 16.2. The zero-order valence-electron chi connectivity index (χ0n) is 18.9. The summed E-state index contributed by atoms with van der Waals surface area (Å²) in [6.07, 6.45) is 20.2. The van der Waals surface area contributed by atoms with E-state index in [9.17, 15) is 0 Å². The Morgan fingerprint density at radius 2 is 1.04 bits per heavy atom. The van der Waals surface area contributed by atoms with E-state index in [1.165, 1.54) is 120 Å². The van der Waals surface area contributed by atoms with Gasteiger partial charge in [-0.15, -0.1) is 0 Å². The molecule has 0 aliphatic carbocycles. The van der Waals surface area contributed by atoms with Crippen LogP contribution in [-0.4, -0.2) is 24.6 Å². The lowest BCUT2D eigenvalue weighted by Crippen LogP contribution is -2.43. The Hall–Kier alpha value is -0.820. The molecule has 1 nitrogen and oxygen atoms in total. The van der Waals surface area contributed by atoms with Crippen molar-refractivity contribution in [2.75, 3.05) is 20.1 Å². The van der Waals surface area contributed by atoms with Gasteiger partial charge in [-0.1, -0.05) is 114 Å². The van der Waals surface area contributed by atoms with Gasteiger partial charge in [0.25, 0.3) is 0 Å². The maximum absolute atomic E-state index is 2.43. The Labute approximate surface area is 171 Å². The van der Waals surface area contributed by atoms with Crippen LogP contribution in [0.2, 0.25) is 0 Å². The highest BCUT2D eigenvalue weighted by atomic mass is 15.3. The predicted molar refractivity (Wildman–Crippen MR) is 122 cm³/mol. The van der Waals surface area contributed by atoms with Crippen LogP contribution in [0.25, 0.3) is 0 Å². The largest absolute Gasteiger partial charge is 0.323 e. The third-order valence-corrected chi connectivity index (χ3v) is 6.22. The van der Waals surface area contributed by atoms with Crippen molar-refractivity contribution in [1.29, 1.82) is 0 Å². The molecule has 0 bridgehead atoms. The minimum Gasteiger partial charge on any atom is -0.323 e. The number of hydrogen-bond acceptors (Lipinski definition) is 0. The van der Waals surface area contributed by atoms with Crippen LogP contribution in [0.15, 0.2) is 30.3 Å². The number of nitrogens with zero attached hydrogens (tertiary/aromatic N) is 1. The third-order valence-electron chi connectivity index (χ3n) is 6.22. The zero-order chi connectivity index (χ0) is 19.6. The smallest absolute Gasteiger partial charge is 0.104 e. The van der Waals surface area contributed by atoms with E-state index in [0.29, 0.717) is 0 Å². The van der Waals surface area contributed by atoms with Crippen molar-refractivity contribution >= 4 is 0 Å². The molecule has 0 fully saturated rings. The predicted octanol–water partition coefficient (Wildman–Crippen LogP) is 8.13. The average Bonchev–Trinajstić information content (AvgIpc) is 2.69. The van der Waals surface area contributed by atoms with Gasteiger partial charge in [-0.25, -0.2) is 0 Å². The highest BCUT2D eigenvalue weighted by Gasteiger charge is 2.18. The molecule has 1 aromatic carbocycles. The fourth-order valence-electron chi connectivity index (χ4n) is 4.06. The molecule has 0 heterocycles. The van der Waals surface area contributed by atoms with E-state index in [-0.39, 0.29) is 0 Å². The molecule has 1 atom stereocenters. The molecule has 1 rings (SSSR count). The van der Waals surface area contributed by atoms with Crippen LogP contribution < -0.4 is 0 Å². The molecule has 0 N–H and O–H groups in total. The van der Waals surface area contributed by atoms with Crippen molar-refractivity contribution in [1.82, 2.24) is 0 Å². The molecule has 27 heavy (non-hydrogen) atoms. The first kappa shape index (κ1) is 24.2. The molecule has 0 aliphatic rings. The summed E-state index contributed by atoms with van der Waals surface area (Å²) in [6, 6.07) is 11.0. The van der Waals surface area contributed by atoms with Crippen LogP contribution in [0.4, 0.5) is 0 Å². The van der Waals surface area contributed by atoms with Crippen LogP contribution >= 0.6 is 0 Å². The first-order valence-electron chi connectivity index (χ1n) is 12.1. The van der Waals surface area contributed by atoms with Crippen LogP contribution in [-0.2, 0) is 6.54 Å². The second-order valence-corrected chi connectivity index (χ2v) is 8.90. The average molecular weight is 375 g/mol. The molecule has 1 unspecified atom stereocenters. The number of benzene rings is 1. The molecular formula is C26H48N+. The fraction of sp³-hybridized carbons (Fsp3) is 0.769. The van der Waals surface area contributed by atoms with Gasteiger partial charge in [0.05, 0.1) is 20.1 Å². The molecular weight excluding hydrogens is 326 g/mol. The van der Waals surface area contributed by atoms with Gasteiger partial charge >= 0.3 is 0 Å². The summed E-state index contributed by atoms with van der Waals surface area (Å²) in [6.45, 7) is 8.37. The Morgan fingerprint density at radius 1 is 0.593 bits per heavy atom. The van der Waals surface area contributed by atoms with E-state index in [0.717, 1.165) is 0 Å². The van der Waals surface area contributed by atoms with Gasteiger partial charge in [-0.05, 0) is 19.8 Å². The Morgan fingerprint density at radius 3 is 1.48 bits per heavy atom. The molecule has 0 amide bonds. The molecule has 156 valence electrons. The lowest BCUT2D eigenvalue weighted by molar-refractivity contribution is -0.921. The fourth-order valence-corrected chi connectivity index (χ4v) is 4.06. The SMILES string of the molecule is CCCCCCCCCCCCCCCC[N+](C)(CC)Cc1ccccc1. The normalized spacial score (nSPS) is 13.6. The summed E-state index contributed by atoms with van der Waals surface area (Å²) in [5.41, 5.74) is 1.48. The van der Waals surface area contributed by atoms with Gasteiger partial charge in [0.15, 0.2) is 0 Å². The molecule has 0 saturated heterocycles. The maximum atomic E-state index is 2.43. The standard InChI is InChI=1S/C26H48N/c1-4-6-7-8-9-10-11-12-13-14-15-16-17-21-24-27(3,5-2)25-26-22-19-18-20-23-26/h18-20,22-23H,4-17,21,24-25H2,1-3H3/q+1. The molecule has 1 aromatic rings. The van der Waals surface area contributed by atoms with E-state index >= 15 is 0 Å². The minimum absolute atomic E-state index is 1.18. The minimum atomic E-state index is 1.18. The van der Waals surface area contributed by atoms with Crippen molar-refractivity contribution in [3.05, 3.63) is 35.9 Å². The summed E-state index contributed by atoms with van der Waals surface area (Å²) in [4.78, 5) is 0. The molecule has 0 spiro atoms. The molecule has 0 aromatic heterocycles. The van der Waals surface area contributed by atoms with E-state index in [1.807, 2.05) is 0 Å². The zero-order valence-corrected chi connectivity index (χ0v) is 18.9. The van der Waals surface area contributed by atoms with Crippen molar-refractivity contribution in [2.45, 2.75) is 110 Å². The second-order valence-electron chi connectivity index (χ2n) is 8.90. The monoisotopic (exact) mass is 374 g/mol. The summed E-state index contributed by atoms with van der Waals surface area (Å²) in [5, 5.41) is 0. The Kier molecular flexibility index (Phi) is 14.5. The van der Waals surface area contributed by atoms with E-state index < -0.39 is 0 Å². The van der Waals surface area contributed by atoms with Crippen molar-refractivity contribution < 1.29 is 4.48 Å². The summed E-state index contributed by atoms with van der Waals surface area (Å²) < 4.78 is 1.18. The Bertz CT molecular complexity index is 427. The number of hydrogen-bond donors (Lipinski definition) is 0. The van der Waals surface area contributed by atoms with Gasteiger partial charge in [0.2, 0.25) is 0 Å². The molecule has 0 saturated carbocycles. The number of unbranched alkanes of at least 4 members (excludes halogenated alkanes) is 13. The van der Waals surface area contributed by atoms with E-state index in [2.05, 4.69) is 51.2 Å². The third kappa shape index (κ3) is 13.1. The maximum Gasteiger partial charge on any atom is 0.104 e. The first-order chi connectivity index (χ1) is 13.2. The van der Waals surface area contributed by atoms with Crippen molar-refractivity contribution in [2.24, 2.45) is 0 Å². The molecule has 1 heteroatoms. The summed E-state index contributed by atoms with van der Waals surface area (Å²) in [7, 11) is 2.43. The number of rotatable bonds is 18. The Balaban J connectivity index is 1.94.